The third kappa shape index (κ3) is 19.3. The number of esters is 1. The number of aliphatic carboxylic acids is 2. The van der Waals surface area contributed by atoms with Crippen molar-refractivity contribution < 1.29 is 74.8 Å². The molecule has 2 fully saturated rings. The SMILES string of the molecule is CCCCCNC(=O)[C@@]1(C)CCC[C@]2(C)c3cc(OC(=O)CCCNCCCCNCCCNC(=O)Oc4ccc5c(c4)[C@@]4(C)CCC[C@](C)(C(=O)NCCCCC)[C@@H]4CC5)ccc3CC[C@@H]12.O=C(O)C(F)(F)F.O=C(O)C(F)(F)F. The Morgan fingerprint density at radius 2 is 0.914 bits per heavy atom. The third-order valence-electron chi connectivity index (χ3n) is 17.2. The van der Waals surface area contributed by atoms with Gasteiger partial charge >= 0.3 is 36.4 Å². The van der Waals surface area contributed by atoms with Crippen LogP contribution in [-0.4, -0.2) is 104 Å². The first kappa shape index (κ1) is 68.1. The smallest absolute Gasteiger partial charge is 0.475 e. The van der Waals surface area contributed by atoms with Crippen LogP contribution in [0.25, 0.3) is 0 Å². The summed E-state index contributed by atoms with van der Waals surface area (Å²) in [7, 11) is 0. The average Bonchev–Trinajstić information content (AvgIpc) is 3.50. The van der Waals surface area contributed by atoms with Crippen LogP contribution in [0, 0.1) is 22.7 Å². The number of fused-ring (bicyclic) bond motifs is 6. The number of nitrogens with one attached hydrogen (secondary N) is 5. The summed E-state index contributed by atoms with van der Waals surface area (Å²) in [4.78, 5) is 70.7. The van der Waals surface area contributed by atoms with Gasteiger partial charge in [0, 0.05) is 26.1 Å². The van der Waals surface area contributed by atoms with E-state index in [1.165, 1.54) is 22.3 Å². The van der Waals surface area contributed by atoms with Crippen LogP contribution in [0.5, 0.6) is 11.5 Å². The second kappa shape index (κ2) is 31.3. The van der Waals surface area contributed by atoms with Crippen molar-refractivity contribution in [1.82, 2.24) is 26.6 Å². The molecule has 15 nitrogen and oxygen atoms in total. The fourth-order valence-electron chi connectivity index (χ4n) is 12.9. The zero-order valence-electron chi connectivity index (χ0n) is 48.3. The van der Waals surface area contributed by atoms with Crippen molar-refractivity contribution in [2.45, 2.75) is 200 Å². The molecule has 2 saturated carbocycles. The topological polar surface area (TPSA) is 221 Å². The molecule has 2 aromatic carbocycles. The normalized spacial score (nSPS) is 23.7. The quantitative estimate of drug-likeness (QED) is 0.0214. The number of aryl methyl sites for hydroxylation is 2. The molecule has 0 heterocycles. The highest BCUT2D eigenvalue weighted by Gasteiger charge is 2.56. The molecule has 6 atom stereocenters. The van der Waals surface area contributed by atoms with Crippen molar-refractivity contribution in [3.63, 3.8) is 0 Å². The summed E-state index contributed by atoms with van der Waals surface area (Å²) in [6.07, 6.45) is 9.74. The number of carboxylic acid groups (broad SMARTS) is 2. The minimum Gasteiger partial charge on any atom is -0.475 e. The van der Waals surface area contributed by atoms with Crippen molar-refractivity contribution in [2.24, 2.45) is 22.7 Å². The van der Waals surface area contributed by atoms with Gasteiger partial charge in [-0.05, 0) is 185 Å². The minimum atomic E-state index is -5.08. The van der Waals surface area contributed by atoms with Gasteiger partial charge in [0.05, 0.1) is 10.8 Å². The fourth-order valence-corrected chi connectivity index (χ4v) is 12.9. The first-order chi connectivity index (χ1) is 38.2. The van der Waals surface area contributed by atoms with Gasteiger partial charge in [-0.2, -0.15) is 26.3 Å². The summed E-state index contributed by atoms with van der Waals surface area (Å²) in [5, 5.41) is 30.7. The van der Waals surface area contributed by atoms with Gasteiger partial charge in [0.1, 0.15) is 11.5 Å². The molecule has 2 aromatic rings. The van der Waals surface area contributed by atoms with Gasteiger partial charge in [-0.25, -0.2) is 14.4 Å². The summed E-state index contributed by atoms with van der Waals surface area (Å²) in [5.74, 6) is -3.65. The maximum absolute atomic E-state index is 13.6. The second-order valence-corrected chi connectivity index (χ2v) is 23.2. The molecule has 4 aliphatic rings. The van der Waals surface area contributed by atoms with Crippen LogP contribution in [-0.2, 0) is 47.6 Å². The summed E-state index contributed by atoms with van der Waals surface area (Å²) < 4.78 is 75.2. The van der Waals surface area contributed by atoms with E-state index in [0.29, 0.717) is 30.9 Å². The number of halogens is 6. The molecule has 0 saturated heterocycles. The van der Waals surface area contributed by atoms with E-state index in [2.05, 4.69) is 92.4 Å². The van der Waals surface area contributed by atoms with Crippen LogP contribution in [0.15, 0.2) is 36.4 Å². The average molecular weight is 1150 g/mol. The zero-order chi connectivity index (χ0) is 60.1. The lowest BCUT2D eigenvalue weighted by atomic mass is 9.49. The lowest BCUT2D eigenvalue weighted by molar-refractivity contribution is -0.193. The summed E-state index contributed by atoms with van der Waals surface area (Å²) in [5.41, 5.74) is 4.05. The fraction of sp³-hybridized carbons (Fsp3) is 0.700. The Morgan fingerprint density at radius 3 is 1.33 bits per heavy atom. The monoisotopic (exact) mass is 1150 g/mol. The number of ether oxygens (including phenoxy) is 2. The highest BCUT2D eigenvalue weighted by Crippen LogP contribution is 2.59. The van der Waals surface area contributed by atoms with E-state index in [1.54, 1.807) is 0 Å². The van der Waals surface area contributed by atoms with E-state index in [9.17, 15) is 45.5 Å². The van der Waals surface area contributed by atoms with Crippen molar-refractivity contribution in [1.29, 1.82) is 0 Å². The molecule has 6 rings (SSSR count). The summed E-state index contributed by atoms with van der Waals surface area (Å²) in [6, 6.07) is 12.3. The molecule has 0 bridgehead atoms. The van der Waals surface area contributed by atoms with Gasteiger partial charge < -0.3 is 46.3 Å². The number of hydrogen-bond donors (Lipinski definition) is 7. The van der Waals surface area contributed by atoms with Crippen molar-refractivity contribution in [3.8, 4) is 11.5 Å². The maximum atomic E-state index is 13.6. The van der Waals surface area contributed by atoms with Gasteiger partial charge in [0.2, 0.25) is 11.8 Å². The van der Waals surface area contributed by atoms with Crippen LogP contribution in [0.1, 0.15) is 186 Å². The molecule has 4 aliphatic carbocycles. The van der Waals surface area contributed by atoms with E-state index >= 15 is 0 Å². The molecule has 456 valence electrons. The Kier molecular flexibility index (Phi) is 26.3. The predicted octanol–water partition coefficient (Wildman–Crippen LogP) is 11.4. The van der Waals surface area contributed by atoms with Gasteiger partial charge in [0.15, 0.2) is 0 Å². The van der Waals surface area contributed by atoms with Crippen LogP contribution >= 0.6 is 0 Å². The predicted molar refractivity (Wildman–Crippen MR) is 296 cm³/mol. The number of alkyl halides is 6. The first-order valence-corrected chi connectivity index (χ1v) is 29.2. The molecule has 0 radical (unpaired) electrons. The standard InChI is InChI=1S/C56H87N5O6.2C2HF3O2/c1-7-9-11-36-59-50(63)55(5)30-16-28-53(3)45-39-43(24-20-41(45)22-26-47(53)55)66-49(62)19-15-34-57-32-13-14-33-58-35-18-38-61-52(65)67-44-25-21-42-23-27-48-54(4,46(42)40-44)29-17-31-56(48,6)51(64)60-37-12-10-8-2;2*3-2(4,5)1(6)7/h20-21,24-25,39-40,47-48,57-58H,7-19,22-23,26-38H2,1-6H3,(H,59,63)(H,60,64)(H,61,65);2*(H,6,7)/t47-,48-,53-,54-,55+,56+;;/m1../s1. The Labute approximate surface area is 474 Å². The molecule has 81 heavy (non-hydrogen) atoms. The van der Waals surface area contributed by atoms with E-state index in [1.807, 2.05) is 12.1 Å². The number of amides is 3. The van der Waals surface area contributed by atoms with Gasteiger partial charge in [0.25, 0.3) is 0 Å². The van der Waals surface area contributed by atoms with Crippen LogP contribution < -0.4 is 36.1 Å². The lowest BCUT2D eigenvalue weighted by Crippen LogP contribution is -2.55. The molecule has 3 amide bonds. The van der Waals surface area contributed by atoms with E-state index in [4.69, 9.17) is 29.3 Å². The molecule has 0 aromatic heterocycles. The lowest BCUT2D eigenvalue weighted by Gasteiger charge is -2.54. The number of benzene rings is 2. The van der Waals surface area contributed by atoms with Gasteiger partial charge in [-0.1, -0.05) is 92.2 Å². The van der Waals surface area contributed by atoms with Crippen LogP contribution in [0.4, 0.5) is 31.1 Å². The zero-order valence-corrected chi connectivity index (χ0v) is 48.3. The minimum absolute atomic E-state index is 0.126. The number of carbonyl (C=O) groups excluding carboxylic acids is 4. The number of hydrogen-bond acceptors (Lipinski definition) is 10. The Balaban J connectivity index is 0.000000891. The maximum Gasteiger partial charge on any atom is 0.490 e. The molecular formula is C60H89F6N5O10. The van der Waals surface area contributed by atoms with E-state index in [0.717, 1.165) is 161 Å². The number of rotatable bonds is 25. The Hall–Kier alpha value is -5.44. The Morgan fingerprint density at radius 1 is 0.531 bits per heavy atom. The van der Waals surface area contributed by atoms with Crippen molar-refractivity contribution >= 4 is 35.8 Å². The second-order valence-electron chi connectivity index (χ2n) is 23.2. The van der Waals surface area contributed by atoms with Gasteiger partial charge in [-0.15, -0.1) is 0 Å². The molecule has 0 unspecified atom stereocenters. The summed E-state index contributed by atoms with van der Waals surface area (Å²) >= 11 is 0. The van der Waals surface area contributed by atoms with E-state index in [-0.39, 0.29) is 40.4 Å². The number of unbranched alkanes of at least 4 members (excludes halogenated alkanes) is 5. The third-order valence-corrected chi connectivity index (χ3v) is 17.2. The van der Waals surface area contributed by atoms with E-state index < -0.39 is 41.2 Å². The highest BCUT2D eigenvalue weighted by atomic mass is 19.4. The summed E-state index contributed by atoms with van der Waals surface area (Å²) in [6.45, 7) is 18.8. The largest absolute Gasteiger partial charge is 0.490 e. The molecule has 0 aliphatic heterocycles. The first-order valence-electron chi connectivity index (χ1n) is 29.2. The highest BCUT2D eigenvalue weighted by molar-refractivity contribution is 5.84. The Bertz CT molecular complexity index is 2250. The van der Waals surface area contributed by atoms with Crippen LogP contribution in [0.2, 0.25) is 0 Å². The number of carbonyl (C=O) groups is 6. The number of carboxylic acids is 2. The van der Waals surface area contributed by atoms with Gasteiger partial charge in [-0.3, -0.25) is 14.4 Å². The van der Waals surface area contributed by atoms with Crippen molar-refractivity contribution in [2.75, 3.05) is 45.8 Å². The van der Waals surface area contributed by atoms with Crippen LogP contribution in [0.3, 0.4) is 0 Å². The van der Waals surface area contributed by atoms with Crippen molar-refractivity contribution in [3.05, 3.63) is 58.7 Å². The molecular weight excluding hydrogens is 1060 g/mol. The molecule has 21 heteroatoms. The molecule has 7 N–H and O–H groups in total. The molecule has 0 spiro atoms.